The molecule has 1 aromatic carbocycles. The minimum Gasteiger partial charge on any atom is -0.392 e. The van der Waals surface area contributed by atoms with Crippen LogP contribution in [0.15, 0.2) is 42.6 Å². The zero-order valence-corrected chi connectivity index (χ0v) is 23.0. The number of nitrogens with one attached hydrogen (secondary N) is 2. The third-order valence-corrected chi connectivity index (χ3v) is 8.77. The Hall–Kier alpha value is -2.81. The van der Waals surface area contributed by atoms with Gasteiger partial charge in [-0.1, -0.05) is 30.7 Å². The van der Waals surface area contributed by atoms with Gasteiger partial charge >= 0.3 is 0 Å². The first kappa shape index (κ1) is 27.7. The first-order chi connectivity index (χ1) is 19.0. The van der Waals surface area contributed by atoms with E-state index in [0.29, 0.717) is 42.7 Å². The fourth-order valence-corrected chi connectivity index (χ4v) is 6.07. The van der Waals surface area contributed by atoms with Gasteiger partial charge in [-0.2, -0.15) is 0 Å². The Balaban J connectivity index is 1.03. The van der Waals surface area contributed by atoms with Crippen LogP contribution in [0, 0.1) is 11.3 Å². The minimum atomic E-state index is -0.414. The Morgan fingerprint density at radius 2 is 1.87 bits per heavy atom. The number of pyridine rings is 1. The van der Waals surface area contributed by atoms with Crippen molar-refractivity contribution < 1.29 is 9.90 Å². The summed E-state index contributed by atoms with van der Waals surface area (Å²) in [6, 6.07) is 12.3. The number of carbonyl (C=O) groups is 1. The molecule has 210 valence electrons. The highest BCUT2D eigenvalue weighted by Gasteiger charge is 2.31. The van der Waals surface area contributed by atoms with Crippen LogP contribution < -0.4 is 11.1 Å². The number of piperidine rings is 1. The van der Waals surface area contributed by atoms with Crippen LogP contribution in [0.5, 0.6) is 0 Å². The van der Waals surface area contributed by atoms with Gasteiger partial charge in [0.1, 0.15) is 0 Å². The van der Waals surface area contributed by atoms with Gasteiger partial charge in [-0.05, 0) is 74.6 Å². The van der Waals surface area contributed by atoms with Crippen molar-refractivity contribution in [2.75, 3.05) is 31.5 Å². The molecule has 3 heterocycles. The first-order valence-corrected chi connectivity index (χ1v) is 14.8. The third kappa shape index (κ3) is 7.24. The Labute approximate surface area is 232 Å². The van der Waals surface area contributed by atoms with Crippen molar-refractivity contribution in [1.29, 1.82) is 5.41 Å². The van der Waals surface area contributed by atoms with E-state index in [1.165, 1.54) is 17.5 Å². The van der Waals surface area contributed by atoms with Gasteiger partial charge in [0.05, 0.1) is 17.5 Å². The van der Waals surface area contributed by atoms with Crippen LogP contribution in [-0.2, 0) is 17.8 Å². The number of nitrogens with two attached hydrogens (primary N) is 1. The van der Waals surface area contributed by atoms with Gasteiger partial charge in [-0.3, -0.25) is 14.7 Å². The number of amides is 1. The van der Waals surface area contributed by atoms with Crippen LogP contribution >= 0.6 is 0 Å². The zero-order valence-electron chi connectivity index (χ0n) is 23.0. The second-order valence-corrected chi connectivity index (χ2v) is 11.7. The van der Waals surface area contributed by atoms with Gasteiger partial charge in [0, 0.05) is 62.6 Å². The molecule has 0 radical (unpaired) electrons. The van der Waals surface area contributed by atoms with Crippen LogP contribution in [0.3, 0.4) is 0 Å². The molecule has 39 heavy (non-hydrogen) atoms. The molecule has 2 atom stereocenters. The lowest BCUT2D eigenvalue weighted by atomic mass is 9.84. The predicted octanol–water partition coefficient (Wildman–Crippen LogP) is 3.57. The van der Waals surface area contributed by atoms with E-state index in [1.807, 2.05) is 17.0 Å². The number of nitrogens with zero attached hydrogens (tertiary/aromatic N) is 3. The number of hydrogen-bond donors (Lipinski definition) is 4. The van der Waals surface area contributed by atoms with Crippen LogP contribution in [0.1, 0.15) is 68.2 Å². The highest BCUT2D eigenvalue weighted by atomic mass is 16.3. The number of fused-ring (bicyclic) bond motifs is 1. The number of aliphatic hydroxyl groups excluding tert-OH is 1. The van der Waals surface area contributed by atoms with E-state index in [4.69, 9.17) is 11.1 Å². The summed E-state index contributed by atoms with van der Waals surface area (Å²) in [4.78, 5) is 21.3. The molecule has 2 aromatic rings. The molecular formula is C31H44N6O2. The molecule has 2 fully saturated rings. The number of aliphatic hydroxyl groups is 1. The van der Waals surface area contributed by atoms with Crippen LogP contribution in [-0.4, -0.2) is 75.9 Å². The molecule has 0 spiro atoms. The van der Waals surface area contributed by atoms with E-state index >= 15 is 0 Å². The Kier molecular flexibility index (Phi) is 9.27. The van der Waals surface area contributed by atoms with Crippen molar-refractivity contribution >= 4 is 17.3 Å². The molecule has 5 N–H and O–H groups in total. The zero-order chi connectivity index (χ0) is 27.2. The summed E-state index contributed by atoms with van der Waals surface area (Å²) < 4.78 is 0. The maximum atomic E-state index is 12.5. The summed E-state index contributed by atoms with van der Waals surface area (Å²) in [6.45, 7) is 4.16. The summed E-state index contributed by atoms with van der Waals surface area (Å²) in [7, 11) is 0. The molecular weight excluding hydrogens is 488 g/mol. The molecule has 1 unspecified atom stereocenters. The van der Waals surface area contributed by atoms with E-state index in [2.05, 4.69) is 39.5 Å². The van der Waals surface area contributed by atoms with E-state index in [9.17, 15) is 9.90 Å². The number of carbonyl (C=O) groups excluding carboxylic acids is 1. The summed E-state index contributed by atoms with van der Waals surface area (Å²) in [5, 5.41) is 22.8. The Morgan fingerprint density at radius 1 is 1.10 bits per heavy atom. The van der Waals surface area contributed by atoms with Gasteiger partial charge in [0.15, 0.2) is 0 Å². The normalized spacial score (nSPS) is 20.1. The number of benzene rings is 1. The number of β-amino-alcohol motifs (C(OH)–C–C–N with tert-alkyl or cyclic N) is 1. The smallest absolute Gasteiger partial charge is 0.225 e. The fourth-order valence-electron chi connectivity index (χ4n) is 6.07. The molecule has 1 saturated carbocycles. The Bertz CT molecular complexity index is 1130. The van der Waals surface area contributed by atoms with Gasteiger partial charge in [-0.15, -0.1) is 0 Å². The fraction of sp³-hybridized carbons (Fsp3) is 0.581. The lowest BCUT2D eigenvalue weighted by Gasteiger charge is -2.37. The van der Waals surface area contributed by atoms with E-state index in [0.717, 1.165) is 70.4 Å². The van der Waals surface area contributed by atoms with Crippen molar-refractivity contribution in [2.45, 2.75) is 82.5 Å². The third-order valence-electron chi connectivity index (χ3n) is 8.77. The number of rotatable bonds is 11. The summed E-state index contributed by atoms with van der Waals surface area (Å²) in [6.07, 6.45) is 9.62. The Morgan fingerprint density at radius 3 is 2.62 bits per heavy atom. The lowest BCUT2D eigenvalue weighted by molar-refractivity contribution is -0.139. The van der Waals surface area contributed by atoms with Crippen LogP contribution in [0.25, 0.3) is 0 Å². The highest BCUT2D eigenvalue weighted by molar-refractivity contribution is 6.01. The molecule has 1 aromatic heterocycles. The molecule has 0 bridgehead atoms. The van der Waals surface area contributed by atoms with Crippen molar-refractivity contribution in [3.63, 3.8) is 0 Å². The standard InChI is InChI=1S/C31H44N6O2/c32-28(10-4-9-27(38)21-36-16-12-22-5-1-2-6-24(22)20-36)30(33)29-19-26(11-15-34-29)35-25-13-17-37(18-14-25)31(39)23-7-3-8-23/h1-2,5-6,11,15,19,23,25,27-28,33,38H,3-4,7-10,12-14,16-18,20-21,32H2,(H,34,35)/t27-,28?/m0/s1. The highest BCUT2D eigenvalue weighted by Crippen LogP contribution is 2.29. The van der Waals surface area contributed by atoms with Crippen molar-refractivity contribution in [2.24, 2.45) is 11.7 Å². The molecule has 3 aliphatic rings. The topological polar surface area (TPSA) is 119 Å². The van der Waals surface area contributed by atoms with Crippen molar-refractivity contribution in [3.05, 3.63) is 59.4 Å². The average Bonchev–Trinajstić information content (AvgIpc) is 2.92. The second-order valence-electron chi connectivity index (χ2n) is 11.7. The lowest BCUT2D eigenvalue weighted by Crippen LogP contribution is -2.46. The van der Waals surface area contributed by atoms with Crippen LogP contribution in [0.2, 0.25) is 0 Å². The van der Waals surface area contributed by atoms with Gasteiger partial charge < -0.3 is 26.5 Å². The number of aromatic nitrogens is 1. The van der Waals surface area contributed by atoms with Gasteiger partial charge in [-0.25, -0.2) is 0 Å². The molecule has 1 aliphatic carbocycles. The second kappa shape index (κ2) is 13.0. The number of anilines is 1. The minimum absolute atomic E-state index is 0.267. The van der Waals surface area contributed by atoms with Gasteiger partial charge in [0.2, 0.25) is 5.91 Å². The van der Waals surface area contributed by atoms with E-state index in [1.54, 1.807) is 6.20 Å². The van der Waals surface area contributed by atoms with E-state index in [-0.39, 0.29) is 5.92 Å². The average molecular weight is 533 g/mol. The van der Waals surface area contributed by atoms with Crippen molar-refractivity contribution in [1.82, 2.24) is 14.8 Å². The largest absolute Gasteiger partial charge is 0.392 e. The molecule has 5 rings (SSSR count). The van der Waals surface area contributed by atoms with Crippen molar-refractivity contribution in [3.8, 4) is 0 Å². The maximum absolute atomic E-state index is 12.5. The molecule has 2 aliphatic heterocycles. The molecule has 8 nitrogen and oxygen atoms in total. The molecule has 1 amide bonds. The summed E-state index contributed by atoms with van der Waals surface area (Å²) in [5.74, 6) is 0.613. The van der Waals surface area contributed by atoms with Gasteiger partial charge in [0.25, 0.3) is 0 Å². The maximum Gasteiger partial charge on any atom is 0.225 e. The summed E-state index contributed by atoms with van der Waals surface area (Å²) in [5.41, 5.74) is 11.0. The monoisotopic (exact) mass is 532 g/mol. The SMILES string of the molecule is N=C(c1cc(NC2CCN(C(=O)C3CCC3)CC2)ccn1)C(N)CCC[C@H](O)CN1CCc2ccccc2C1. The van der Waals surface area contributed by atoms with Crippen LogP contribution in [0.4, 0.5) is 5.69 Å². The molecule has 1 saturated heterocycles. The quantitative estimate of drug-likeness (QED) is 0.329. The van der Waals surface area contributed by atoms with E-state index < -0.39 is 12.1 Å². The number of hydrogen-bond acceptors (Lipinski definition) is 7. The number of likely N-dealkylation sites (tertiary alicyclic amines) is 1. The summed E-state index contributed by atoms with van der Waals surface area (Å²) >= 11 is 0. The first-order valence-electron chi connectivity index (χ1n) is 14.8. The predicted molar refractivity (Wildman–Crippen MR) is 155 cm³/mol. The molecule has 8 heteroatoms.